The molecule has 2 amide bonds. The van der Waals surface area contributed by atoms with E-state index in [0.29, 0.717) is 12.3 Å². The van der Waals surface area contributed by atoms with E-state index in [2.05, 4.69) is 15.6 Å². The highest BCUT2D eigenvalue weighted by Crippen LogP contribution is 2.21. The molecule has 0 bridgehead atoms. The number of para-hydroxylation sites is 1. The molecule has 29 heavy (non-hydrogen) atoms. The third-order valence-electron chi connectivity index (χ3n) is 4.53. The molecule has 2 aromatic carbocycles. The van der Waals surface area contributed by atoms with Crippen LogP contribution in [0.2, 0.25) is 0 Å². The molecular weight excluding hydrogens is 366 g/mol. The van der Waals surface area contributed by atoms with Crippen molar-refractivity contribution in [3.8, 4) is 16.9 Å². The van der Waals surface area contributed by atoms with Crippen LogP contribution in [0.3, 0.4) is 0 Å². The summed E-state index contributed by atoms with van der Waals surface area (Å²) in [6.07, 6.45) is 3.54. The Morgan fingerprint density at radius 2 is 1.72 bits per heavy atom. The molecule has 0 aliphatic rings. The van der Waals surface area contributed by atoms with Crippen LogP contribution in [0.15, 0.2) is 73.1 Å². The third kappa shape index (κ3) is 5.80. The normalized spacial score (nSPS) is 11.5. The zero-order valence-corrected chi connectivity index (χ0v) is 16.3. The quantitative estimate of drug-likeness (QED) is 0.547. The lowest BCUT2D eigenvalue weighted by molar-refractivity contribution is 0.200. The Morgan fingerprint density at radius 3 is 2.45 bits per heavy atom. The lowest BCUT2D eigenvalue weighted by Gasteiger charge is -2.16. The van der Waals surface area contributed by atoms with Crippen molar-refractivity contribution in [2.75, 3.05) is 13.2 Å². The largest absolute Gasteiger partial charge is 0.491 e. The van der Waals surface area contributed by atoms with E-state index in [1.54, 1.807) is 12.4 Å². The van der Waals surface area contributed by atoms with Gasteiger partial charge >= 0.3 is 6.03 Å². The fraction of sp³-hybridized carbons (Fsp3) is 0.217. The fourth-order valence-electron chi connectivity index (χ4n) is 2.96. The monoisotopic (exact) mass is 391 g/mol. The minimum Gasteiger partial charge on any atom is -0.491 e. The van der Waals surface area contributed by atoms with Gasteiger partial charge in [0.15, 0.2) is 0 Å². The van der Waals surface area contributed by atoms with Crippen LogP contribution < -0.4 is 15.4 Å². The number of amides is 2. The number of rotatable bonds is 8. The number of aromatic nitrogens is 1. The summed E-state index contributed by atoms with van der Waals surface area (Å²) in [5.41, 5.74) is 4.08. The molecule has 0 aliphatic carbocycles. The highest BCUT2D eigenvalue weighted by atomic mass is 16.5. The number of aliphatic hydroxyl groups is 1. The molecule has 0 spiro atoms. The SMILES string of the molecule is CC(NC(=O)NCc1ccccc1OCCO)c1ccc(-c2ccncc2)cc1. The van der Waals surface area contributed by atoms with Crippen molar-refractivity contribution in [2.45, 2.75) is 19.5 Å². The maximum atomic E-state index is 12.3. The van der Waals surface area contributed by atoms with E-state index in [-0.39, 0.29) is 25.3 Å². The molecular formula is C23H25N3O3. The first-order valence-corrected chi connectivity index (χ1v) is 9.53. The number of hydrogen-bond donors (Lipinski definition) is 3. The number of ether oxygens (including phenoxy) is 1. The number of pyridine rings is 1. The number of nitrogens with one attached hydrogen (secondary N) is 2. The number of carbonyl (C=O) groups is 1. The summed E-state index contributed by atoms with van der Waals surface area (Å²) < 4.78 is 5.49. The summed E-state index contributed by atoms with van der Waals surface area (Å²) >= 11 is 0. The molecule has 1 heterocycles. The van der Waals surface area contributed by atoms with Gasteiger partial charge < -0.3 is 20.5 Å². The van der Waals surface area contributed by atoms with Gasteiger partial charge in [-0.15, -0.1) is 0 Å². The van der Waals surface area contributed by atoms with Crippen LogP contribution in [0, 0.1) is 0 Å². The zero-order chi connectivity index (χ0) is 20.5. The van der Waals surface area contributed by atoms with Crippen LogP contribution in [0.4, 0.5) is 4.79 Å². The van der Waals surface area contributed by atoms with E-state index in [1.807, 2.05) is 67.6 Å². The van der Waals surface area contributed by atoms with Crippen molar-refractivity contribution in [2.24, 2.45) is 0 Å². The number of aliphatic hydroxyl groups excluding tert-OH is 1. The van der Waals surface area contributed by atoms with Gasteiger partial charge in [0.25, 0.3) is 0 Å². The van der Waals surface area contributed by atoms with Gasteiger partial charge in [-0.3, -0.25) is 4.98 Å². The first kappa shape index (κ1) is 20.4. The Labute approximate surface area is 170 Å². The maximum Gasteiger partial charge on any atom is 0.315 e. The Balaban J connectivity index is 1.54. The van der Waals surface area contributed by atoms with Crippen LogP contribution in [-0.2, 0) is 6.54 Å². The molecule has 1 aromatic heterocycles. The third-order valence-corrected chi connectivity index (χ3v) is 4.53. The summed E-state index contributed by atoms with van der Waals surface area (Å²) in [6, 6.07) is 19.1. The Bertz CT molecular complexity index is 914. The fourth-order valence-corrected chi connectivity index (χ4v) is 2.96. The average molecular weight is 391 g/mol. The van der Waals surface area contributed by atoms with Crippen LogP contribution >= 0.6 is 0 Å². The molecule has 0 aliphatic heterocycles. The molecule has 1 unspecified atom stereocenters. The predicted octanol–water partition coefficient (Wildman–Crippen LogP) is 3.68. The second-order valence-corrected chi connectivity index (χ2v) is 6.59. The van der Waals surface area contributed by atoms with E-state index in [0.717, 1.165) is 22.3 Å². The minimum absolute atomic E-state index is 0.0558. The zero-order valence-electron chi connectivity index (χ0n) is 16.3. The van der Waals surface area contributed by atoms with Crippen molar-refractivity contribution in [1.82, 2.24) is 15.6 Å². The average Bonchev–Trinajstić information content (AvgIpc) is 2.77. The molecule has 0 saturated carbocycles. The predicted molar refractivity (Wildman–Crippen MR) is 112 cm³/mol. The molecule has 0 fully saturated rings. The first-order chi connectivity index (χ1) is 14.2. The maximum absolute atomic E-state index is 12.3. The number of benzene rings is 2. The van der Waals surface area contributed by atoms with E-state index in [4.69, 9.17) is 9.84 Å². The smallest absolute Gasteiger partial charge is 0.315 e. The second-order valence-electron chi connectivity index (χ2n) is 6.59. The van der Waals surface area contributed by atoms with E-state index < -0.39 is 0 Å². The van der Waals surface area contributed by atoms with Crippen LogP contribution in [-0.4, -0.2) is 29.3 Å². The minimum atomic E-state index is -0.257. The lowest BCUT2D eigenvalue weighted by Crippen LogP contribution is -2.36. The molecule has 3 N–H and O–H groups in total. The van der Waals surface area contributed by atoms with Crippen molar-refractivity contribution in [3.05, 3.63) is 84.2 Å². The van der Waals surface area contributed by atoms with E-state index in [1.165, 1.54) is 0 Å². The molecule has 150 valence electrons. The Hall–Kier alpha value is -3.38. The number of hydrogen-bond acceptors (Lipinski definition) is 4. The van der Waals surface area contributed by atoms with Gasteiger partial charge in [-0.25, -0.2) is 4.79 Å². The lowest BCUT2D eigenvalue weighted by atomic mass is 10.0. The van der Waals surface area contributed by atoms with Crippen molar-refractivity contribution in [1.29, 1.82) is 0 Å². The highest BCUT2D eigenvalue weighted by Gasteiger charge is 2.11. The summed E-state index contributed by atoms with van der Waals surface area (Å²) in [5, 5.41) is 14.7. The summed E-state index contributed by atoms with van der Waals surface area (Å²) in [4.78, 5) is 16.3. The number of urea groups is 1. The van der Waals surface area contributed by atoms with Gasteiger partial charge in [0, 0.05) is 24.5 Å². The Morgan fingerprint density at radius 1 is 1.03 bits per heavy atom. The second kappa shape index (κ2) is 10.2. The summed E-state index contributed by atoms with van der Waals surface area (Å²) in [6.45, 7) is 2.44. The topological polar surface area (TPSA) is 83.5 Å². The van der Waals surface area contributed by atoms with Gasteiger partial charge in [-0.05, 0) is 41.8 Å². The van der Waals surface area contributed by atoms with Crippen molar-refractivity contribution in [3.63, 3.8) is 0 Å². The molecule has 0 saturated heterocycles. The van der Waals surface area contributed by atoms with E-state index >= 15 is 0 Å². The highest BCUT2D eigenvalue weighted by molar-refractivity contribution is 5.74. The van der Waals surface area contributed by atoms with Crippen molar-refractivity contribution < 1.29 is 14.6 Å². The van der Waals surface area contributed by atoms with Gasteiger partial charge in [0.2, 0.25) is 0 Å². The molecule has 1 atom stereocenters. The van der Waals surface area contributed by atoms with Gasteiger partial charge in [-0.2, -0.15) is 0 Å². The summed E-state index contributed by atoms with van der Waals surface area (Å²) in [7, 11) is 0. The number of carbonyl (C=O) groups excluding carboxylic acids is 1. The summed E-state index contributed by atoms with van der Waals surface area (Å²) in [5.74, 6) is 0.654. The molecule has 6 nitrogen and oxygen atoms in total. The van der Waals surface area contributed by atoms with Gasteiger partial charge in [-0.1, -0.05) is 42.5 Å². The van der Waals surface area contributed by atoms with E-state index in [9.17, 15) is 4.79 Å². The molecule has 3 rings (SSSR count). The molecule has 6 heteroatoms. The van der Waals surface area contributed by atoms with Crippen LogP contribution in [0.5, 0.6) is 5.75 Å². The Kier molecular flexibility index (Phi) is 7.19. The van der Waals surface area contributed by atoms with Crippen LogP contribution in [0.25, 0.3) is 11.1 Å². The van der Waals surface area contributed by atoms with Gasteiger partial charge in [0.1, 0.15) is 12.4 Å². The molecule has 0 radical (unpaired) electrons. The van der Waals surface area contributed by atoms with Crippen molar-refractivity contribution >= 4 is 6.03 Å². The first-order valence-electron chi connectivity index (χ1n) is 9.53. The molecule has 3 aromatic rings. The standard InChI is InChI=1S/C23H25N3O3/c1-17(18-6-8-19(9-7-18)20-10-12-24-13-11-20)26-23(28)25-16-21-4-2-3-5-22(21)29-15-14-27/h2-13,17,27H,14-16H2,1H3,(H2,25,26,28). The van der Waals surface area contributed by atoms with Crippen LogP contribution in [0.1, 0.15) is 24.1 Å². The number of nitrogens with zero attached hydrogens (tertiary/aromatic N) is 1. The van der Waals surface area contributed by atoms with Gasteiger partial charge in [0.05, 0.1) is 12.6 Å².